The summed E-state index contributed by atoms with van der Waals surface area (Å²) in [5.74, 6) is 0. The quantitative estimate of drug-likeness (QED) is 0.873. The van der Waals surface area contributed by atoms with Gasteiger partial charge in [-0.05, 0) is 30.7 Å². The first-order valence-corrected chi connectivity index (χ1v) is 6.52. The first kappa shape index (κ1) is 13.7. The van der Waals surface area contributed by atoms with E-state index in [0.29, 0.717) is 17.3 Å². The van der Waals surface area contributed by atoms with Crippen molar-refractivity contribution < 1.29 is 0 Å². The van der Waals surface area contributed by atoms with E-state index in [1.165, 1.54) is 9.13 Å². The van der Waals surface area contributed by atoms with Crippen LogP contribution in [0.1, 0.15) is 19.0 Å². The van der Waals surface area contributed by atoms with Crippen molar-refractivity contribution in [2.75, 3.05) is 0 Å². The molecular weight excluding hydrogens is 285 g/mol. The molecule has 2 aromatic rings. The second kappa shape index (κ2) is 5.52. The molecule has 1 aromatic heterocycles. The minimum absolute atomic E-state index is 0.128. The molecule has 0 radical (unpaired) electrons. The molecule has 0 fully saturated rings. The molecule has 19 heavy (non-hydrogen) atoms. The number of nitriles is 1. The number of benzene rings is 1. The zero-order valence-electron chi connectivity index (χ0n) is 10.2. The van der Waals surface area contributed by atoms with Crippen LogP contribution < -0.4 is 5.69 Å². The molecule has 0 atom stereocenters. The van der Waals surface area contributed by atoms with Crippen molar-refractivity contribution in [2.45, 2.75) is 19.9 Å². The van der Waals surface area contributed by atoms with Crippen molar-refractivity contribution in [2.24, 2.45) is 0 Å². The molecule has 0 bridgehead atoms. The first-order chi connectivity index (χ1) is 9.10. The third kappa shape index (κ3) is 2.40. The molecule has 6 heteroatoms. The highest BCUT2D eigenvalue weighted by molar-refractivity contribution is 6.31. The van der Waals surface area contributed by atoms with Gasteiger partial charge in [-0.25, -0.2) is 9.36 Å². The van der Waals surface area contributed by atoms with Crippen LogP contribution in [0.2, 0.25) is 10.2 Å². The zero-order chi connectivity index (χ0) is 14.0. The Kier molecular flexibility index (Phi) is 3.98. The van der Waals surface area contributed by atoms with Crippen LogP contribution in [0.15, 0.2) is 29.1 Å². The molecule has 1 heterocycles. The number of aromatic nitrogens is 2. The van der Waals surface area contributed by atoms with Gasteiger partial charge >= 0.3 is 5.69 Å². The summed E-state index contributed by atoms with van der Waals surface area (Å²) in [7, 11) is 0. The molecule has 0 N–H and O–H groups in total. The second-order valence-electron chi connectivity index (χ2n) is 4.00. The molecule has 2 rings (SSSR count). The van der Waals surface area contributed by atoms with Gasteiger partial charge in [0.15, 0.2) is 10.8 Å². The fraction of sp³-hybridized carbons (Fsp3) is 0.231. The molecule has 98 valence electrons. The zero-order valence-corrected chi connectivity index (χ0v) is 11.7. The van der Waals surface area contributed by atoms with Crippen LogP contribution >= 0.6 is 23.2 Å². The Morgan fingerprint density at radius 3 is 2.42 bits per heavy atom. The topological polar surface area (TPSA) is 50.7 Å². The van der Waals surface area contributed by atoms with E-state index in [4.69, 9.17) is 28.5 Å². The normalized spacial score (nSPS) is 10.4. The number of halogens is 2. The van der Waals surface area contributed by atoms with E-state index in [9.17, 15) is 4.79 Å². The van der Waals surface area contributed by atoms with Gasteiger partial charge in [-0.2, -0.15) is 5.26 Å². The van der Waals surface area contributed by atoms with Gasteiger partial charge in [-0.1, -0.05) is 30.1 Å². The van der Waals surface area contributed by atoms with Crippen LogP contribution in [0.3, 0.4) is 0 Å². The van der Waals surface area contributed by atoms with E-state index < -0.39 is 0 Å². The molecule has 0 saturated carbocycles. The summed E-state index contributed by atoms with van der Waals surface area (Å²) < 4.78 is 2.70. The molecule has 1 aromatic carbocycles. The van der Waals surface area contributed by atoms with Gasteiger partial charge in [-0.15, -0.1) is 0 Å². The van der Waals surface area contributed by atoms with Crippen molar-refractivity contribution in [1.29, 1.82) is 5.26 Å². The van der Waals surface area contributed by atoms with Crippen LogP contribution in [-0.4, -0.2) is 9.13 Å². The molecule has 0 spiro atoms. The summed E-state index contributed by atoms with van der Waals surface area (Å²) in [5, 5.41) is 9.82. The van der Waals surface area contributed by atoms with E-state index in [1.807, 2.05) is 13.0 Å². The predicted molar refractivity (Wildman–Crippen MR) is 75.1 cm³/mol. The van der Waals surface area contributed by atoms with Crippen molar-refractivity contribution in [3.8, 4) is 11.8 Å². The van der Waals surface area contributed by atoms with Gasteiger partial charge in [0.25, 0.3) is 0 Å². The molecule has 0 aliphatic carbocycles. The fourth-order valence-electron chi connectivity index (χ4n) is 1.87. The largest absolute Gasteiger partial charge is 0.335 e. The highest BCUT2D eigenvalue weighted by Crippen LogP contribution is 2.20. The van der Waals surface area contributed by atoms with Crippen molar-refractivity contribution >= 4 is 23.2 Å². The monoisotopic (exact) mass is 295 g/mol. The van der Waals surface area contributed by atoms with E-state index in [2.05, 4.69) is 0 Å². The SMILES string of the molecule is CCCn1c(C#N)c(Cl)n(-c2ccc(Cl)cc2)c1=O. The van der Waals surface area contributed by atoms with Crippen molar-refractivity contribution in [1.82, 2.24) is 9.13 Å². The summed E-state index contributed by atoms with van der Waals surface area (Å²) in [4.78, 5) is 12.3. The lowest BCUT2D eigenvalue weighted by Crippen LogP contribution is -2.23. The molecular formula is C13H11Cl2N3O. The summed E-state index contributed by atoms with van der Waals surface area (Å²) in [6.07, 6.45) is 0.746. The average molecular weight is 296 g/mol. The lowest BCUT2D eigenvalue weighted by Gasteiger charge is -2.02. The van der Waals surface area contributed by atoms with E-state index >= 15 is 0 Å². The minimum atomic E-state index is -0.314. The van der Waals surface area contributed by atoms with Gasteiger partial charge in [-0.3, -0.25) is 4.57 Å². The van der Waals surface area contributed by atoms with Gasteiger partial charge in [0.05, 0.1) is 5.69 Å². The lowest BCUT2D eigenvalue weighted by atomic mass is 10.3. The molecule has 0 aliphatic rings. The second-order valence-corrected chi connectivity index (χ2v) is 4.79. The van der Waals surface area contributed by atoms with Crippen LogP contribution in [0, 0.1) is 11.3 Å². The Morgan fingerprint density at radius 2 is 1.89 bits per heavy atom. The van der Waals surface area contributed by atoms with Crippen LogP contribution in [-0.2, 0) is 6.54 Å². The average Bonchev–Trinajstić information content (AvgIpc) is 2.63. The van der Waals surface area contributed by atoms with Gasteiger partial charge in [0, 0.05) is 11.6 Å². The minimum Gasteiger partial charge on any atom is -0.282 e. The van der Waals surface area contributed by atoms with E-state index in [0.717, 1.165) is 6.42 Å². The van der Waals surface area contributed by atoms with Gasteiger partial charge in [0.2, 0.25) is 0 Å². The highest BCUT2D eigenvalue weighted by atomic mass is 35.5. The first-order valence-electron chi connectivity index (χ1n) is 5.77. The standard InChI is InChI=1S/C13H11Cl2N3O/c1-2-7-17-11(8-16)12(15)18(13(17)19)10-5-3-9(14)4-6-10/h3-6H,2,7H2,1H3. The number of hydrogen-bond acceptors (Lipinski definition) is 2. The Labute approximate surface area is 120 Å². The van der Waals surface area contributed by atoms with Gasteiger partial charge in [0.1, 0.15) is 6.07 Å². The number of imidazole rings is 1. The molecule has 0 aliphatic heterocycles. The predicted octanol–water partition coefficient (Wildman–Crippen LogP) is 3.23. The van der Waals surface area contributed by atoms with Crippen LogP contribution in [0.4, 0.5) is 0 Å². The maximum Gasteiger partial charge on any atom is 0.335 e. The molecule has 4 nitrogen and oxygen atoms in total. The van der Waals surface area contributed by atoms with E-state index in [-0.39, 0.29) is 16.5 Å². The Balaban J connectivity index is 2.68. The molecule has 0 saturated heterocycles. The third-order valence-electron chi connectivity index (χ3n) is 2.72. The number of nitrogens with zero attached hydrogens (tertiary/aromatic N) is 3. The smallest absolute Gasteiger partial charge is 0.282 e. The molecule has 0 amide bonds. The Bertz CT molecular complexity index is 692. The summed E-state index contributed by atoms with van der Waals surface area (Å²) in [5.41, 5.74) is 0.458. The molecule has 0 unspecified atom stereocenters. The maximum absolute atomic E-state index is 12.3. The van der Waals surface area contributed by atoms with Gasteiger partial charge < -0.3 is 0 Å². The Morgan fingerprint density at radius 1 is 1.26 bits per heavy atom. The van der Waals surface area contributed by atoms with Crippen molar-refractivity contribution in [3.05, 3.63) is 50.6 Å². The summed E-state index contributed by atoms with van der Waals surface area (Å²) >= 11 is 11.9. The maximum atomic E-state index is 12.3. The number of rotatable bonds is 3. The van der Waals surface area contributed by atoms with Crippen LogP contribution in [0.5, 0.6) is 0 Å². The van der Waals surface area contributed by atoms with E-state index in [1.54, 1.807) is 24.3 Å². The van der Waals surface area contributed by atoms with Crippen molar-refractivity contribution in [3.63, 3.8) is 0 Å². The highest BCUT2D eigenvalue weighted by Gasteiger charge is 2.18. The lowest BCUT2D eigenvalue weighted by molar-refractivity contribution is 0.641. The Hall–Kier alpha value is -1.70. The summed E-state index contributed by atoms with van der Waals surface area (Å²) in [6.45, 7) is 2.39. The van der Waals surface area contributed by atoms with Crippen LogP contribution in [0.25, 0.3) is 5.69 Å². The fourth-order valence-corrected chi connectivity index (χ4v) is 2.31. The summed E-state index contributed by atoms with van der Waals surface area (Å²) in [6, 6.07) is 8.69. The third-order valence-corrected chi connectivity index (χ3v) is 3.32. The number of hydrogen-bond donors (Lipinski definition) is 0.